The summed E-state index contributed by atoms with van der Waals surface area (Å²) in [5.41, 5.74) is 5.25. The molecule has 3 amide bonds. The number of benzene rings is 2. The molecule has 1 saturated heterocycles. The molecule has 2 aliphatic rings. The number of carbonyl (C=O) groups excluding carboxylic acids is 3. The maximum absolute atomic E-state index is 15.2. The number of hydrogen-bond acceptors (Lipinski definition) is 5. The number of aryl methyl sites for hydroxylation is 2. The summed E-state index contributed by atoms with van der Waals surface area (Å²) in [4.78, 5) is 41.2. The number of thioether (sulfide) groups is 1. The standard InChI is InChI=1S/C28H30FN3O3S/c1-7-32-23-13-21(29)19(11-20(23)18(4)14-28(32,5)6)12-24-26(34)31(27(35)36-24)15-25(33)30-22-9-8-16(2)10-17(22)3/h8-14H,7,15H2,1-6H3,(H,30,33)/b24-12+. The van der Waals surface area contributed by atoms with Crippen LogP contribution in [0.15, 0.2) is 41.3 Å². The van der Waals surface area contributed by atoms with Crippen molar-refractivity contribution in [2.45, 2.75) is 47.1 Å². The van der Waals surface area contributed by atoms with Gasteiger partial charge in [-0.05, 0) is 88.7 Å². The van der Waals surface area contributed by atoms with Crippen LogP contribution in [0.1, 0.15) is 49.9 Å². The fraction of sp³-hybridized carbons (Fsp3) is 0.321. The summed E-state index contributed by atoms with van der Waals surface area (Å²) in [5, 5.41) is 2.19. The highest BCUT2D eigenvalue weighted by Gasteiger charge is 2.37. The van der Waals surface area contributed by atoms with Crippen molar-refractivity contribution >= 4 is 51.8 Å². The van der Waals surface area contributed by atoms with Crippen molar-refractivity contribution in [3.8, 4) is 0 Å². The second kappa shape index (κ2) is 9.58. The van der Waals surface area contributed by atoms with Gasteiger partial charge in [0.05, 0.1) is 10.4 Å². The molecule has 0 aliphatic carbocycles. The van der Waals surface area contributed by atoms with Crippen molar-refractivity contribution in [3.63, 3.8) is 0 Å². The van der Waals surface area contributed by atoms with Gasteiger partial charge in [0.15, 0.2) is 0 Å². The Morgan fingerprint density at radius 1 is 1.14 bits per heavy atom. The van der Waals surface area contributed by atoms with Crippen LogP contribution in [-0.4, -0.2) is 40.6 Å². The molecule has 1 N–H and O–H groups in total. The van der Waals surface area contributed by atoms with E-state index in [1.807, 2.05) is 39.8 Å². The van der Waals surface area contributed by atoms with E-state index >= 15 is 4.39 Å². The second-order valence-electron chi connectivity index (χ2n) is 9.75. The van der Waals surface area contributed by atoms with Gasteiger partial charge in [0.1, 0.15) is 12.4 Å². The second-order valence-corrected chi connectivity index (χ2v) is 10.7. The summed E-state index contributed by atoms with van der Waals surface area (Å²) in [5.74, 6) is -1.56. The first-order valence-electron chi connectivity index (χ1n) is 11.8. The normalized spacial score (nSPS) is 18.0. The molecule has 0 saturated carbocycles. The molecule has 0 unspecified atom stereocenters. The molecule has 4 rings (SSSR count). The molecule has 0 atom stereocenters. The fourth-order valence-corrected chi connectivity index (χ4v) is 5.70. The summed E-state index contributed by atoms with van der Waals surface area (Å²) in [6.07, 6.45) is 3.54. The number of amides is 3. The third-order valence-electron chi connectivity index (χ3n) is 6.53. The van der Waals surface area contributed by atoms with Crippen molar-refractivity contribution in [3.05, 3.63) is 69.4 Å². The quantitative estimate of drug-likeness (QED) is 0.493. The van der Waals surface area contributed by atoms with E-state index in [4.69, 9.17) is 0 Å². The van der Waals surface area contributed by atoms with Crippen LogP contribution < -0.4 is 10.2 Å². The summed E-state index contributed by atoms with van der Waals surface area (Å²) >= 11 is 0.709. The molecule has 1 fully saturated rings. The number of nitrogens with one attached hydrogen (secondary N) is 1. The first kappa shape index (κ1) is 25.7. The Labute approximate surface area is 215 Å². The monoisotopic (exact) mass is 507 g/mol. The number of anilines is 2. The van der Waals surface area contributed by atoms with Crippen LogP contribution in [0.2, 0.25) is 0 Å². The zero-order valence-corrected chi connectivity index (χ0v) is 22.2. The van der Waals surface area contributed by atoms with E-state index in [1.165, 1.54) is 12.1 Å². The average Bonchev–Trinajstić information content (AvgIpc) is 3.04. The largest absolute Gasteiger partial charge is 0.363 e. The summed E-state index contributed by atoms with van der Waals surface area (Å²) in [7, 11) is 0. The van der Waals surface area contributed by atoms with Crippen LogP contribution in [-0.2, 0) is 9.59 Å². The van der Waals surface area contributed by atoms with Crippen LogP contribution in [0.4, 0.5) is 20.6 Å². The van der Waals surface area contributed by atoms with Gasteiger partial charge >= 0.3 is 0 Å². The fourth-order valence-electron chi connectivity index (χ4n) is 4.87. The number of allylic oxidation sites excluding steroid dienone is 1. The number of imide groups is 1. The number of carbonyl (C=O) groups is 3. The van der Waals surface area contributed by atoms with Gasteiger partial charge in [0.25, 0.3) is 11.1 Å². The Bertz CT molecular complexity index is 1350. The van der Waals surface area contributed by atoms with E-state index in [0.29, 0.717) is 24.0 Å². The molecular weight excluding hydrogens is 477 g/mol. The van der Waals surface area contributed by atoms with Crippen molar-refractivity contribution in [2.75, 3.05) is 23.3 Å². The molecule has 2 aromatic rings. The predicted molar refractivity (Wildman–Crippen MR) is 144 cm³/mol. The van der Waals surface area contributed by atoms with Gasteiger partial charge in [-0.1, -0.05) is 23.8 Å². The highest BCUT2D eigenvalue weighted by Crippen LogP contribution is 2.41. The van der Waals surface area contributed by atoms with Crippen LogP contribution in [0, 0.1) is 19.7 Å². The molecule has 2 aliphatic heterocycles. The molecule has 188 valence electrons. The lowest BCUT2D eigenvalue weighted by molar-refractivity contribution is -0.127. The van der Waals surface area contributed by atoms with E-state index in [0.717, 1.165) is 32.9 Å². The van der Waals surface area contributed by atoms with E-state index in [-0.39, 0.29) is 16.0 Å². The molecule has 6 nitrogen and oxygen atoms in total. The van der Waals surface area contributed by atoms with Crippen LogP contribution in [0.5, 0.6) is 0 Å². The van der Waals surface area contributed by atoms with Crippen molar-refractivity contribution in [1.82, 2.24) is 4.90 Å². The summed E-state index contributed by atoms with van der Waals surface area (Å²) < 4.78 is 15.2. The first-order chi connectivity index (χ1) is 16.9. The third kappa shape index (κ3) is 4.82. The van der Waals surface area contributed by atoms with Crippen LogP contribution in [0.3, 0.4) is 0 Å². The van der Waals surface area contributed by atoms with Gasteiger partial charge in [-0.2, -0.15) is 0 Å². The predicted octanol–water partition coefficient (Wildman–Crippen LogP) is 6.14. The number of nitrogens with zero attached hydrogens (tertiary/aromatic N) is 2. The molecule has 2 aromatic carbocycles. The smallest absolute Gasteiger partial charge is 0.294 e. The topological polar surface area (TPSA) is 69.7 Å². The molecule has 0 bridgehead atoms. The first-order valence-corrected chi connectivity index (χ1v) is 12.7. The Balaban J connectivity index is 1.56. The zero-order chi connectivity index (χ0) is 26.4. The van der Waals surface area contributed by atoms with Crippen molar-refractivity contribution in [2.24, 2.45) is 0 Å². The third-order valence-corrected chi connectivity index (χ3v) is 7.44. The average molecular weight is 508 g/mol. The van der Waals surface area contributed by atoms with Gasteiger partial charge in [0.2, 0.25) is 5.91 Å². The molecule has 8 heteroatoms. The maximum atomic E-state index is 15.2. The van der Waals surface area contributed by atoms with E-state index in [9.17, 15) is 14.4 Å². The minimum atomic E-state index is -0.610. The Kier molecular flexibility index (Phi) is 6.84. The van der Waals surface area contributed by atoms with E-state index in [2.05, 4.69) is 30.1 Å². The lowest BCUT2D eigenvalue weighted by Gasteiger charge is -2.42. The number of halogens is 1. The molecular formula is C28H30FN3O3S. The van der Waals surface area contributed by atoms with Gasteiger partial charge < -0.3 is 10.2 Å². The van der Waals surface area contributed by atoms with Crippen LogP contribution in [0.25, 0.3) is 11.6 Å². The number of likely N-dealkylation sites (N-methyl/N-ethyl adjacent to an activating group) is 1. The maximum Gasteiger partial charge on any atom is 0.294 e. The molecule has 0 aromatic heterocycles. The van der Waals surface area contributed by atoms with Crippen molar-refractivity contribution in [1.29, 1.82) is 0 Å². The highest BCUT2D eigenvalue weighted by molar-refractivity contribution is 8.18. The van der Waals surface area contributed by atoms with E-state index in [1.54, 1.807) is 12.1 Å². The summed E-state index contributed by atoms with van der Waals surface area (Å²) in [6, 6.07) is 8.80. The molecule has 36 heavy (non-hydrogen) atoms. The van der Waals surface area contributed by atoms with E-state index < -0.39 is 29.4 Å². The number of hydrogen-bond donors (Lipinski definition) is 1. The highest BCUT2D eigenvalue weighted by atomic mass is 32.2. The molecule has 0 radical (unpaired) electrons. The zero-order valence-electron chi connectivity index (χ0n) is 21.4. The summed E-state index contributed by atoms with van der Waals surface area (Å²) in [6.45, 7) is 12.3. The Morgan fingerprint density at radius 3 is 2.53 bits per heavy atom. The Hall–Kier alpha value is -3.39. The van der Waals surface area contributed by atoms with Crippen LogP contribution >= 0.6 is 11.8 Å². The van der Waals surface area contributed by atoms with Gasteiger partial charge in [-0.15, -0.1) is 0 Å². The van der Waals surface area contributed by atoms with Gasteiger partial charge in [0, 0.05) is 29.0 Å². The SMILES string of the molecule is CCN1c2cc(F)c(/C=C3/SC(=O)N(CC(=O)Nc4ccc(C)cc4C)C3=O)cc2C(C)=CC1(C)C. The van der Waals surface area contributed by atoms with Gasteiger partial charge in [-0.25, -0.2) is 4.39 Å². The lowest BCUT2D eigenvalue weighted by atomic mass is 9.88. The minimum absolute atomic E-state index is 0.0864. The Morgan fingerprint density at radius 2 is 1.86 bits per heavy atom. The molecule has 2 heterocycles. The molecule has 0 spiro atoms. The number of rotatable bonds is 5. The lowest BCUT2D eigenvalue weighted by Crippen LogP contribution is -2.45. The van der Waals surface area contributed by atoms with Crippen molar-refractivity contribution < 1.29 is 18.8 Å². The van der Waals surface area contributed by atoms with Gasteiger partial charge in [-0.3, -0.25) is 19.3 Å². The number of fused-ring (bicyclic) bond motifs is 1. The minimum Gasteiger partial charge on any atom is -0.363 e.